The third-order valence-corrected chi connectivity index (χ3v) is 1.40. The van der Waals surface area contributed by atoms with Crippen molar-refractivity contribution in [3.8, 4) is 0 Å². The zero-order chi connectivity index (χ0) is 8.27. The minimum absolute atomic E-state index is 0.400. The quantitative estimate of drug-likeness (QED) is 0.603. The lowest BCUT2D eigenvalue weighted by Gasteiger charge is -1.98. The number of hydrogen-bond acceptors (Lipinski definition) is 4. The Hall–Kier alpha value is -1.32. The van der Waals surface area contributed by atoms with Crippen LogP contribution in [0.2, 0.25) is 0 Å². The van der Waals surface area contributed by atoms with Crippen LogP contribution in [-0.4, -0.2) is 10.2 Å². The predicted octanol–water partition coefficient (Wildman–Crippen LogP) is 1.61. The SMILES string of the molecule is Cc1ccc(C(C)N=O)nn1. The summed E-state index contributed by atoms with van der Waals surface area (Å²) in [6.07, 6.45) is 0. The van der Waals surface area contributed by atoms with Crippen molar-refractivity contribution in [1.29, 1.82) is 0 Å². The summed E-state index contributed by atoms with van der Waals surface area (Å²) in [5.74, 6) is 0. The molecule has 11 heavy (non-hydrogen) atoms. The molecule has 0 saturated carbocycles. The minimum atomic E-state index is -0.400. The molecule has 0 aliphatic heterocycles. The molecule has 0 radical (unpaired) electrons. The Morgan fingerprint density at radius 2 is 2.18 bits per heavy atom. The molecular formula is C7H9N3O. The molecule has 1 aromatic rings. The molecule has 4 heteroatoms. The zero-order valence-corrected chi connectivity index (χ0v) is 6.48. The van der Waals surface area contributed by atoms with E-state index in [-0.39, 0.29) is 0 Å². The number of hydrogen-bond donors (Lipinski definition) is 0. The summed E-state index contributed by atoms with van der Waals surface area (Å²) >= 11 is 0. The molecule has 0 saturated heterocycles. The van der Waals surface area contributed by atoms with Crippen molar-refractivity contribution in [2.45, 2.75) is 19.9 Å². The first-order valence-electron chi connectivity index (χ1n) is 3.36. The molecule has 0 spiro atoms. The average molecular weight is 151 g/mol. The molecule has 1 atom stereocenters. The Morgan fingerprint density at radius 3 is 2.64 bits per heavy atom. The van der Waals surface area contributed by atoms with Gasteiger partial charge in [-0.3, -0.25) is 0 Å². The van der Waals surface area contributed by atoms with Gasteiger partial charge in [-0.15, -0.1) is 0 Å². The lowest BCUT2D eigenvalue weighted by molar-refractivity contribution is 0.742. The molecule has 0 aliphatic carbocycles. The van der Waals surface area contributed by atoms with E-state index >= 15 is 0 Å². The van der Waals surface area contributed by atoms with E-state index in [1.54, 1.807) is 13.0 Å². The van der Waals surface area contributed by atoms with E-state index in [0.717, 1.165) is 5.69 Å². The highest BCUT2D eigenvalue weighted by Gasteiger charge is 2.05. The lowest BCUT2D eigenvalue weighted by atomic mass is 10.2. The van der Waals surface area contributed by atoms with Crippen molar-refractivity contribution in [1.82, 2.24) is 10.2 Å². The standard InChI is InChI=1S/C7H9N3O/c1-5-3-4-7(9-8-5)6(2)10-11/h3-4,6H,1-2H3. The van der Waals surface area contributed by atoms with Gasteiger partial charge in [0.05, 0.1) is 11.4 Å². The van der Waals surface area contributed by atoms with E-state index in [1.807, 2.05) is 13.0 Å². The summed E-state index contributed by atoms with van der Waals surface area (Å²) in [4.78, 5) is 10.1. The number of nitroso groups, excluding NO2 is 1. The first kappa shape index (κ1) is 7.78. The van der Waals surface area contributed by atoms with E-state index < -0.39 is 6.04 Å². The van der Waals surface area contributed by atoms with E-state index in [2.05, 4.69) is 15.4 Å². The molecule has 1 rings (SSSR count). The third kappa shape index (κ3) is 1.80. The van der Waals surface area contributed by atoms with Crippen molar-refractivity contribution in [3.63, 3.8) is 0 Å². The molecule has 0 aromatic carbocycles. The molecule has 0 bridgehead atoms. The fourth-order valence-corrected chi connectivity index (χ4v) is 0.686. The second-order valence-corrected chi connectivity index (χ2v) is 2.38. The molecule has 1 unspecified atom stereocenters. The molecular weight excluding hydrogens is 142 g/mol. The van der Waals surface area contributed by atoms with Crippen molar-refractivity contribution in [3.05, 3.63) is 28.4 Å². The minimum Gasteiger partial charge on any atom is -0.156 e. The molecule has 0 aliphatic rings. The van der Waals surface area contributed by atoms with Crippen molar-refractivity contribution in [2.24, 2.45) is 5.18 Å². The Bertz CT molecular complexity index is 244. The van der Waals surface area contributed by atoms with Gasteiger partial charge in [-0.25, -0.2) is 0 Å². The Labute approximate surface area is 64.6 Å². The smallest absolute Gasteiger partial charge is 0.133 e. The summed E-state index contributed by atoms with van der Waals surface area (Å²) in [6, 6.07) is 3.17. The lowest BCUT2D eigenvalue weighted by Crippen LogP contribution is -1.96. The van der Waals surface area contributed by atoms with E-state index in [4.69, 9.17) is 0 Å². The van der Waals surface area contributed by atoms with E-state index in [0.29, 0.717) is 5.69 Å². The van der Waals surface area contributed by atoms with Crippen LogP contribution in [0.1, 0.15) is 24.4 Å². The summed E-state index contributed by atoms with van der Waals surface area (Å²) in [7, 11) is 0. The largest absolute Gasteiger partial charge is 0.156 e. The van der Waals surface area contributed by atoms with Crippen LogP contribution in [0.4, 0.5) is 0 Å². The normalized spacial score (nSPS) is 12.5. The predicted molar refractivity (Wildman–Crippen MR) is 41.0 cm³/mol. The maximum Gasteiger partial charge on any atom is 0.133 e. The molecule has 0 amide bonds. The second kappa shape index (κ2) is 3.18. The van der Waals surface area contributed by atoms with Crippen LogP contribution in [0.3, 0.4) is 0 Å². The molecule has 1 aromatic heterocycles. The fourth-order valence-electron chi connectivity index (χ4n) is 0.686. The summed E-state index contributed by atoms with van der Waals surface area (Å²) in [5, 5.41) is 10.4. The van der Waals surface area contributed by atoms with Gasteiger partial charge in [0.25, 0.3) is 0 Å². The van der Waals surface area contributed by atoms with Gasteiger partial charge in [-0.05, 0) is 26.0 Å². The Morgan fingerprint density at radius 1 is 1.45 bits per heavy atom. The van der Waals surface area contributed by atoms with Crippen LogP contribution < -0.4 is 0 Å². The summed E-state index contributed by atoms with van der Waals surface area (Å²) < 4.78 is 0. The van der Waals surface area contributed by atoms with Gasteiger partial charge in [0.15, 0.2) is 0 Å². The van der Waals surface area contributed by atoms with Crippen LogP contribution in [-0.2, 0) is 0 Å². The fraction of sp³-hybridized carbons (Fsp3) is 0.429. The number of aryl methyl sites for hydroxylation is 1. The average Bonchev–Trinajstić information content (AvgIpc) is 2.05. The monoisotopic (exact) mass is 151 g/mol. The topological polar surface area (TPSA) is 55.2 Å². The summed E-state index contributed by atoms with van der Waals surface area (Å²) in [5.41, 5.74) is 1.46. The van der Waals surface area contributed by atoms with Crippen LogP contribution in [0, 0.1) is 11.8 Å². The van der Waals surface area contributed by atoms with Crippen molar-refractivity contribution >= 4 is 0 Å². The van der Waals surface area contributed by atoms with Gasteiger partial charge in [-0.2, -0.15) is 15.1 Å². The van der Waals surface area contributed by atoms with Crippen LogP contribution in [0.5, 0.6) is 0 Å². The highest BCUT2D eigenvalue weighted by molar-refractivity contribution is 5.08. The van der Waals surface area contributed by atoms with Gasteiger partial charge < -0.3 is 0 Å². The third-order valence-electron chi connectivity index (χ3n) is 1.40. The molecule has 1 heterocycles. The number of aromatic nitrogens is 2. The van der Waals surface area contributed by atoms with Crippen molar-refractivity contribution in [2.75, 3.05) is 0 Å². The van der Waals surface area contributed by atoms with Crippen LogP contribution >= 0.6 is 0 Å². The highest BCUT2D eigenvalue weighted by atomic mass is 16.3. The highest BCUT2D eigenvalue weighted by Crippen LogP contribution is 2.11. The van der Waals surface area contributed by atoms with Crippen LogP contribution in [0.25, 0.3) is 0 Å². The maximum absolute atomic E-state index is 10.1. The Balaban J connectivity index is 2.89. The Kier molecular flexibility index (Phi) is 2.25. The van der Waals surface area contributed by atoms with Gasteiger partial charge in [0.2, 0.25) is 0 Å². The first-order valence-corrected chi connectivity index (χ1v) is 3.36. The van der Waals surface area contributed by atoms with Gasteiger partial charge in [-0.1, -0.05) is 5.18 Å². The second-order valence-electron chi connectivity index (χ2n) is 2.38. The number of rotatable bonds is 2. The van der Waals surface area contributed by atoms with E-state index in [1.165, 1.54) is 0 Å². The van der Waals surface area contributed by atoms with E-state index in [9.17, 15) is 4.91 Å². The summed E-state index contributed by atoms with van der Waals surface area (Å²) in [6.45, 7) is 3.53. The van der Waals surface area contributed by atoms with Gasteiger partial charge in [0, 0.05) is 0 Å². The van der Waals surface area contributed by atoms with Crippen LogP contribution in [0.15, 0.2) is 17.3 Å². The number of nitrogens with zero attached hydrogens (tertiary/aromatic N) is 3. The molecule has 0 N–H and O–H groups in total. The zero-order valence-electron chi connectivity index (χ0n) is 6.48. The van der Waals surface area contributed by atoms with Gasteiger partial charge in [0.1, 0.15) is 6.04 Å². The molecule has 58 valence electrons. The first-order chi connectivity index (χ1) is 5.24. The van der Waals surface area contributed by atoms with Crippen molar-refractivity contribution < 1.29 is 0 Å². The molecule has 4 nitrogen and oxygen atoms in total. The molecule has 0 fully saturated rings. The van der Waals surface area contributed by atoms with Gasteiger partial charge >= 0.3 is 0 Å². The maximum atomic E-state index is 10.1.